The number of anilines is 1. The monoisotopic (exact) mass is 339 g/mol. The Bertz CT molecular complexity index is 806. The van der Waals surface area contributed by atoms with Crippen LogP contribution in [0.1, 0.15) is 37.1 Å². The van der Waals surface area contributed by atoms with Crippen molar-refractivity contribution in [1.29, 1.82) is 5.26 Å². The van der Waals surface area contributed by atoms with Crippen LogP contribution in [0.3, 0.4) is 0 Å². The van der Waals surface area contributed by atoms with Gasteiger partial charge in [-0.3, -0.25) is 5.10 Å². The molecule has 1 aromatic carbocycles. The largest absolute Gasteiger partial charge is 0.490 e. The van der Waals surface area contributed by atoms with Gasteiger partial charge in [0.25, 0.3) is 0 Å². The van der Waals surface area contributed by atoms with Crippen LogP contribution in [0.4, 0.5) is 10.5 Å². The first-order chi connectivity index (χ1) is 12.0. The SMILES string of the molecule is CC(C)Oc1ccc(NC(=O)N[C@@H]2CCc3[nH]ncc3C2)cc1C#N. The van der Waals surface area contributed by atoms with E-state index in [-0.39, 0.29) is 18.2 Å². The van der Waals surface area contributed by atoms with Crippen LogP contribution in [0.5, 0.6) is 5.75 Å². The molecule has 0 bridgehead atoms. The second-order valence-electron chi connectivity index (χ2n) is 6.40. The number of hydrogen-bond acceptors (Lipinski definition) is 4. The Hall–Kier alpha value is -3.01. The van der Waals surface area contributed by atoms with Crippen LogP contribution >= 0.6 is 0 Å². The molecule has 2 aromatic rings. The van der Waals surface area contributed by atoms with E-state index in [0.717, 1.165) is 30.5 Å². The Morgan fingerprint density at radius 1 is 1.48 bits per heavy atom. The van der Waals surface area contributed by atoms with Gasteiger partial charge < -0.3 is 15.4 Å². The second-order valence-corrected chi connectivity index (χ2v) is 6.40. The molecule has 0 radical (unpaired) electrons. The summed E-state index contributed by atoms with van der Waals surface area (Å²) in [6, 6.07) is 6.94. The maximum absolute atomic E-state index is 12.2. The topological polar surface area (TPSA) is 103 Å². The number of amides is 2. The number of aromatic nitrogens is 2. The summed E-state index contributed by atoms with van der Waals surface area (Å²) < 4.78 is 5.58. The van der Waals surface area contributed by atoms with Crippen molar-refractivity contribution in [2.24, 2.45) is 0 Å². The number of nitriles is 1. The number of nitrogens with one attached hydrogen (secondary N) is 3. The Kier molecular flexibility index (Phi) is 4.89. The minimum absolute atomic E-state index is 0.0201. The molecule has 0 aliphatic heterocycles. The van der Waals surface area contributed by atoms with Crippen LogP contribution in [0.25, 0.3) is 0 Å². The number of nitrogens with zero attached hydrogens (tertiary/aromatic N) is 2. The lowest BCUT2D eigenvalue weighted by Gasteiger charge is -2.23. The van der Waals surface area contributed by atoms with Crippen LogP contribution in [-0.2, 0) is 12.8 Å². The third-order valence-corrected chi connectivity index (χ3v) is 4.07. The molecule has 0 saturated heterocycles. The molecule has 1 heterocycles. The molecule has 1 aromatic heterocycles. The number of benzene rings is 1. The van der Waals surface area contributed by atoms with Gasteiger partial charge in [-0.2, -0.15) is 10.4 Å². The average Bonchev–Trinajstić information content (AvgIpc) is 3.03. The van der Waals surface area contributed by atoms with Gasteiger partial charge in [-0.15, -0.1) is 0 Å². The van der Waals surface area contributed by atoms with Crippen LogP contribution in [-0.4, -0.2) is 28.4 Å². The van der Waals surface area contributed by atoms with Gasteiger partial charge in [0.1, 0.15) is 11.8 Å². The van der Waals surface area contributed by atoms with Gasteiger partial charge in [0.05, 0.1) is 17.9 Å². The average molecular weight is 339 g/mol. The normalized spacial score (nSPS) is 16.0. The van der Waals surface area contributed by atoms with Crippen LogP contribution in [0.15, 0.2) is 24.4 Å². The van der Waals surface area contributed by atoms with E-state index >= 15 is 0 Å². The summed E-state index contributed by atoms with van der Waals surface area (Å²) in [5.41, 5.74) is 3.26. The van der Waals surface area contributed by atoms with Gasteiger partial charge >= 0.3 is 6.03 Å². The number of rotatable bonds is 4. The molecule has 7 nitrogen and oxygen atoms in total. The van der Waals surface area contributed by atoms with Crippen LogP contribution < -0.4 is 15.4 Å². The third-order valence-electron chi connectivity index (χ3n) is 4.07. The number of ether oxygens (including phenoxy) is 1. The number of fused-ring (bicyclic) bond motifs is 1. The first-order valence-electron chi connectivity index (χ1n) is 8.34. The molecule has 3 N–H and O–H groups in total. The molecule has 25 heavy (non-hydrogen) atoms. The summed E-state index contributed by atoms with van der Waals surface area (Å²) in [7, 11) is 0. The molecular formula is C18H21N5O2. The maximum Gasteiger partial charge on any atom is 0.319 e. The molecule has 0 unspecified atom stereocenters. The number of hydrogen-bond donors (Lipinski definition) is 3. The molecule has 1 atom stereocenters. The summed E-state index contributed by atoms with van der Waals surface area (Å²) in [5.74, 6) is 0.517. The fourth-order valence-corrected chi connectivity index (χ4v) is 2.94. The highest BCUT2D eigenvalue weighted by Crippen LogP contribution is 2.23. The molecule has 0 fully saturated rings. The summed E-state index contributed by atoms with van der Waals surface area (Å²) >= 11 is 0. The highest BCUT2D eigenvalue weighted by molar-refractivity contribution is 5.89. The molecular weight excluding hydrogens is 318 g/mol. The van der Waals surface area contributed by atoms with E-state index < -0.39 is 0 Å². The van der Waals surface area contributed by atoms with Gasteiger partial charge in [0, 0.05) is 17.4 Å². The maximum atomic E-state index is 12.2. The highest BCUT2D eigenvalue weighted by Gasteiger charge is 2.21. The van der Waals surface area contributed by atoms with Crippen molar-refractivity contribution in [2.75, 3.05) is 5.32 Å². The summed E-state index contributed by atoms with van der Waals surface area (Å²) in [5, 5.41) is 22.0. The standard InChI is InChI=1S/C18H21N5O2/c1-11(2)25-17-6-4-15(7-12(17)9-19)22-18(24)21-14-3-5-16-13(8-14)10-20-23-16/h4,6-7,10-11,14H,3,5,8H2,1-2H3,(H,20,23)(H2,21,22,24)/t14-/m1/s1. The summed E-state index contributed by atoms with van der Waals surface area (Å²) in [6.07, 6.45) is 4.30. The van der Waals surface area contributed by atoms with E-state index in [4.69, 9.17) is 4.74 Å². The van der Waals surface area contributed by atoms with E-state index in [1.165, 1.54) is 0 Å². The van der Waals surface area contributed by atoms with E-state index in [2.05, 4.69) is 26.9 Å². The van der Waals surface area contributed by atoms with E-state index in [1.54, 1.807) is 18.2 Å². The lowest BCUT2D eigenvalue weighted by Crippen LogP contribution is -2.41. The Labute approximate surface area is 146 Å². The molecule has 1 aliphatic rings. The van der Waals surface area contributed by atoms with Crippen molar-refractivity contribution < 1.29 is 9.53 Å². The van der Waals surface area contributed by atoms with Crippen molar-refractivity contribution in [3.05, 3.63) is 41.2 Å². The number of aromatic amines is 1. The number of H-pyrrole nitrogens is 1. The molecule has 130 valence electrons. The van der Waals surface area contributed by atoms with Gasteiger partial charge in [0.2, 0.25) is 0 Å². The number of carbonyl (C=O) groups excluding carboxylic acids is 1. The summed E-state index contributed by atoms with van der Waals surface area (Å²) in [6.45, 7) is 3.80. The Morgan fingerprint density at radius 3 is 3.08 bits per heavy atom. The molecule has 7 heteroatoms. The van der Waals surface area contributed by atoms with Crippen molar-refractivity contribution >= 4 is 11.7 Å². The number of carbonyl (C=O) groups is 1. The van der Waals surface area contributed by atoms with Gasteiger partial charge in [-0.05, 0) is 56.9 Å². The predicted molar refractivity (Wildman–Crippen MR) is 93.5 cm³/mol. The number of urea groups is 1. The zero-order chi connectivity index (χ0) is 17.8. The van der Waals surface area contributed by atoms with Crippen molar-refractivity contribution in [2.45, 2.75) is 45.3 Å². The first kappa shape index (κ1) is 16.8. The molecule has 0 saturated carbocycles. The highest BCUT2D eigenvalue weighted by atomic mass is 16.5. The van der Waals surface area contributed by atoms with E-state index in [1.807, 2.05) is 20.0 Å². The summed E-state index contributed by atoms with van der Waals surface area (Å²) in [4.78, 5) is 12.2. The third kappa shape index (κ3) is 4.10. The lowest BCUT2D eigenvalue weighted by molar-refractivity contribution is 0.241. The minimum atomic E-state index is -0.279. The molecule has 2 amide bonds. The smallest absolute Gasteiger partial charge is 0.319 e. The van der Waals surface area contributed by atoms with E-state index in [0.29, 0.717) is 17.0 Å². The van der Waals surface area contributed by atoms with E-state index in [9.17, 15) is 10.1 Å². The van der Waals surface area contributed by atoms with Crippen LogP contribution in [0.2, 0.25) is 0 Å². The van der Waals surface area contributed by atoms with Gasteiger partial charge in [-0.1, -0.05) is 0 Å². The zero-order valence-electron chi connectivity index (χ0n) is 14.3. The van der Waals surface area contributed by atoms with Gasteiger partial charge in [-0.25, -0.2) is 4.79 Å². The van der Waals surface area contributed by atoms with Crippen molar-refractivity contribution in [1.82, 2.24) is 15.5 Å². The lowest BCUT2D eigenvalue weighted by atomic mass is 9.94. The quantitative estimate of drug-likeness (QED) is 0.797. The van der Waals surface area contributed by atoms with Crippen LogP contribution in [0, 0.1) is 11.3 Å². The van der Waals surface area contributed by atoms with Crippen molar-refractivity contribution in [3.63, 3.8) is 0 Å². The minimum Gasteiger partial charge on any atom is -0.490 e. The second kappa shape index (κ2) is 7.26. The Morgan fingerprint density at radius 2 is 2.32 bits per heavy atom. The molecule has 3 rings (SSSR count). The fraction of sp³-hybridized carbons (Fsp3) is 0.389. The predicted octanol–water partition coefficient (Wildman–Crippen LogP) is 2.75. The first-order valence-corrected chi connectivity index (χ1v) is 8.34. The molecule has 1 aliphatic carbocycles. The fourth-order valence-electron chi connectivity index (χ4n) is 2.94. The number of aryl methyl sites for hydroxylation is 1. The molecule has 0 spiro atoms. The zero-order valence-corrected chi connectivity index (χ0v) is 14.3. The van der Waals surface area contributed by atoms with Crippen molar-refractivity contribution in [3.8, 4) is 11.8 Å². The Balaban J connectivity index is 1.61. The van der Waals surface area contributed by atoms with Gasteiger partial charge in [0.15, 0.2) is 0 Å².